The zero-order valence-electron chi connectivity index (χ0n) is 8.43. The molecule has 0 heterocycles. The van der Waals surface area contributed by atoms with Gasteiger partial charge in [0.1, 0.15) is 0 Å². The van der Waals surface area contributed by atoms with Crippen molar-refractivity contribution in [1.29, 1.82) is 0 Å². The van der Waals surface area contributed by atoms with Gasteiger partial charge in [0, 0.05) is 11.9 Å². The molecule has 0 saturated carbocycles. The van der Waals surface area contributed by atoms with E-state index in [0.29, 0.717) is 5.92 Å². The summed E-state index contributed by atoms with van der Waals surface area (Å²) in [7, 11) is 0. The van der Waals surface area contributed by atoms with Crippen molar-refractivity contribution in [3.8, 4) is 0 Å². The van der Waals surface area contributed by atoms with Gasteiger partial charge in [-0.25, -0.2) is 0 Å². The van der Waals surface area contributed by atoms with E-state index >= 15 is 0 Å². The third-order valence-electron chi connectivity index (χ3n) is 2.24. The average Bonchev–Trinajstić information content (AvgIpc) is 2.03. The van der Waals surface area contributed by atoms with Gasteiger partial charge in [-0.1, -0.05) is 19.4 Å². The number of hydrogen-bond donors (Lipinski definition) is 0. The Hall–Kier alpha value is -0.590. The lowest BCUT2D eigenvalue weighted by molar-refractivity contribution is 0.666. The summed E-state index contributed by atoms with van der Waals surface area (Å²) in [5, 5.41) is 0. The van der Waals surface area contributed by atoms with Gasteiger partial charge in [-0.2, -0.15) is 0 Å². The normalized spacial score (nSPS) is 19.7. The molecule has 1 rings (SSSR count). The summed E-state index contributed by atoms with van der Waals surface area (Å²) in [5.74, 6) is 0.576. The summed E-state index contributed by atoms with van der Waals surface area (Å²) in [6.07, 6.45) is 7.18. The Morgan fingerprint density at radius 1 is 1.25 bits per heavy atom. The molecule has 0 N–H and O–H groups in total. The van der Waals surface area contributed by atoms with Crippen molar-refractivity contribution in [1.82, 2.24) is 0 Å². The molecule has 0 aromatic rings. The van der Waals surface area contributed by atoms with Crippen molar-refractivity contribution in [3.63, 3.8) is 0 Å². The first-order chi connectivity index (χ1) is 5.70. The van der Waals surface area contributed by atoms with Crippen LogP contribution in [0.15, 0.2) is 16.3 Å². The predicted molar refractivity (Wildman–Crippen MR) is 54.5 cm³/mol. The molecule has 0 radical (unpaired) electrons. The molecular formula is C11H19N. The van der Waals surface area contributed by atoms with Crippen LogP contribution in [0.3, 0.4) is 0 Å². The molecule has 0 spiro atoms. The third kappa shape index (κ3) is 2.80. The zero-order valence-corrected chi connectivity index (χ0v) is 8.43. The highest BCUT2D eigenvalue weighted by Gasteiger charge is 2.06. The molecule has 0 amide bonds. The lowest BCUT2D eigenvalue weighted by Crippen LogP contribution is -1.97. The van der Waals surface area contributed by atoms with Gasteiger partial charge in [-0.15, -0.1) is 0 Å². The van der Waals surface area contributed by atoms with Gasteiger partial charge in [0.25, 0.3) is 0 Å². The summed E-state index contributed by atoms with van der Waals surface area (Å²) < 4.78 is 0. The van der Waals surface area contributed by atoms with E-state index in [1.54, 1.807) is 0 Å². The van der Waals surface area contributed by atoms with E-state index in [1.165, 1.54) is 37.0 Å². The molecule has 0 aromatic heterocycles. The predicted octanol–water partition coefficient (Wildman–Crippen LogP) is 3.56. The molecule has 0 unspecified atom stereocenters. The van der Waals surface area contributed by atoms with Gasteiger partial charge >= 0.3 is 0 Å². The fourth-order valence-electron chi connectivity index (χ4n) is 1.45. The molecule has 0 fully saturated rings. The second-order valence-electron chi connectivity index (χ2n) is 3.96. The first-order valence-electron chi connectivity index (χ1n) is 4.93. The molecule has 1 aliphatic carbocycles. The maximum Gasteiger partial charge on any atom is 0.0389 e. The Morgan fingerprint density at radius 3 is 2.50 bits per heavy atom. The maximum atomic E-state index is 4.52. The maximum absolute atomic E-state index is 4.52. The van der Waals surface area contributed by atoms with E-state index < -0.39 is 0 Å². The van der Waals surface area contributed by atoms with E-state index in [1.807, 2.05) is 0 Å². The van der Waals surface area contributed by atoms with E-state index in [2.05, 4.69) is 32.0 Å². The van der Waals surface area contributed by atoms with Crippen molar-refractivity contribution < 1.29 is 0 Å². The minimum Gasteiger partial charge on any atom is -0.265 e. The summed E-state index contributed by atoms with van der Waals surface area (Å²) in [6.45, 7) is 6.55. The van der Waals surface area contributed by atoms with Gasteiger partial charge in [-0.05, 0) is 38.5 Å². The molecule has 68 valence electrons. The summed E-state index contributed by atoms with van der Waals surface area (Å²) in [4.78, 5) is 4.52. The van der Waals surface area contributed by atoms with Crippen LogP contribution in [0.2, 0.25) is 0 Å². The average molecular weight is 165 g/mol. The molecule has 0 atom stereocenters. The second kappa shape index (κ2) is 4.44. The van der Waals surface area contributed by atoms with E-state index in [9.17, 15) is 0 Å². The summed E-state index contributed by atoms with van der Waals surface area (Å²) in [6, 6.07) is 0. The number of rotatable bonds is 2. The van der Waals surface area contributed by atoms with Crippen LogP contribution in [0.25, 0.3) is 0 Å². The number of nitrogens with zero attached hydrogens (tertiary/aromatic N) is 1. The SMILES string of the molecule is CC1=C(/N=C\C(C)C)CCCC1. The van der Waals surface area contributed by atoms with Crippen LogP contribution in [0.5, 0.6) is 0 Å². The van der Waals surface area contributed by atoms with Crippen LogP contribution in [0, 0.1) is 5.92 Å². The number of aliphatic imine (C=N–C) groups is 1. The van der Waals surface area contributed by atoms with Crippen molar-refractivity contribution in [2.75, 3.05) is 0 Å². The smallest absolute Gasteiger partial charge is 0.0389 e. The molecule has 12 heavy (non-hydrogen) atoms. The minimum atomic E-state index is 0.576. The summed E-state index contributed by atoms with van der Waals surface area (Å²) >= 11 is 0. The lowest BCUT2D eigenvalue weighted by Gasteiger charge is -2.13. The molecule has 0 aliphatic heterocycles. The Kier molecular flexibility index (Phi) is 3.51. The standard InChI is InChI=1S/C11H19N/c1-9(2)8-12-11-7-5-4-6-10(11)3/h8-9H,4-7H2,1-3H3/b12-8-. The van der Waals surface area contributed by atoms with E-state index in [4.69, 9.17) is 0 Å². The van der Waals surface area contributed by atoms with Crippen molar-refractivity contribution in [3.05, 3.63) is 11.3 Å². The molecule has 1 heteroatoms. The van der Waals surface area contributed by atoms with Crippen LogP contribution < -0.4 is 0 Å². The van der Waals surface area contributed by atoms with Crippen LogP contribution in [0.4, 0.5) is 0 Å². The van der Waals surface area contributed by atoms with Gasteiger partial charge in [0.2, 0.25) is 0 Å². The second-order valence-corrected chi connectivity index (χ2v) is 3.96. The van der Waals surface area contributed by atoms with Crippen LogP contribution >= 0.6 is 0 Å². The minimum absolute atomic E-state index is 0.576. The highest BCUT2D eigenvalue weighted by atomic mass is 14.7. The quantitative estimate of drug-likeness (QED) is 0.555. The molecular weight excluding hydrogens is 146 g/mol. The fraction of sp³-hybridized carbons (Fsp3) is 0.727. The molecule has 0 saturated heterocycles. The van der Waals surface area contributed by atoms with Gasteiger partial charge < -0.3 is 0 Å². The van der Waals surface area contributed by atoms with E-state index in [-0.39, 0.29) is 0 Å². The van der Waals surface area contributed by atoms with Gasteiger partial charge in [-0.3, -0.25) is 4.99 Å². The molecule has 1 nitrogen and oxygen atoms in total. The first-order valence-corrected chi connectivity index (χ1v) is 4.93. The lowest BCUT2D eigenvalue weighted by atomic mass is 9.98. The highest BCUT2D eigenvalue weighted by molar-refractivity contribution is 5.61. The molecule has 1 aliphatic rings. The monoisotopic (exact) mass is 165 g/mol. The zero-order chi connectivity index (χ0) is 8.97. The Morgan fingerprint density at radius 2 is 1.92 bits per heavy atom. The van der Waals surface area contributed by atoms with Crippen LogP contribution in [0.1, 0.15) is 46.5 Å². The fourth-order valence-corrected chi connectivity index (χ4v) is 1.45. The first kappa shape index (κ1) is 9.50. The van der Waals surface area contributed by atoms with Crippen LogP contribution in [-0.4, -0.2) is 6.21 Å². The Bertz CT molecular complexity index is 199. The molecule has 0 aromatic carbocycles. The van der Waals surface area contributed by atoms with Crippen LogP contribution in [-0.2, 0) is 0 Å². The highest BCUT2D eigenvalue weighted by Crippen LogP contribution is 2.24. The largest absolute Gasteiger partial charge is 0.265 e. The summed E-state index contributed by atoms with van der Waals surface area (Å²) in [5.41, 5.74) is 2.84. The number of hydrogen-bond acceptors (Lipinski definition) is 1. The molecule has 0 bridgehead atoms. The van der Waals surface area contributed by atoms with E-state index in [0.717, 1.165) is 0 Å². The number of allylic oxidation sites excluding steroid dienone is 2. The van der Waals surface area contributed by atoms with Crippen molar-refractivity contribution in [2.45, 2.75) is 46.5 Å². The Labute approximate surface area is 75.6 Å². The third-order valence-corrected chi connectivity index (χ3v) is 2.24. The van der Waals surface area contributed by atoms with Crippen molar-refractivity contribution >= 4 is 6.21 Å². The van der Waals surface area contributed by atoms with Gasteiger partial charge in [0.15, 0.2) is 0 Å². The topological polar surface area (TPSA) is 12.4 Å². The van der Waals surface area contributed by atoms with Crippen molar-refractivity contribution in [2.24, 2.45) is 10.9 Å². The Balaban J connectivity index is 2.60. The van der Waals surface area contributed by atoms with Gasteiger partial charge in [0.05, 0.1) is 0 Å².